The Labute approximate surface area is 111 Å². The van der Waals surface area contributed by atoms with Crippen LogP contribution in [0.15, 0.2) is 54.1 Å². The highest BCUT2D eigenvalue weighted by Crippen LogP contribution is 2.60. The van der Waals surface area contributed by atoms with Crippen LogP contribution in [0.2, 0.25) is 0 Å². The average molecular weight is 302 g/mol. The minimum atomic E-state index is -0.129. The lowest BCUT2D eigenvalue weighted by atomic mass is 10.4. The quantitative estimate of drug-likeness (QED) is 0.350. The maximum absolute atomic E-state index is 2.53. The van der Waals surface area contributed by atoms with Crippen LogP contribution in [0.1, 0.15) is 0 Å². The van der Waals surface area contributed by atoms with Crippen LogP contribution in [0.4, 0.5) is 0 Å². The third-order valence-electron chi connectivity index (χ3n) is 3.06. The fourth-order valence-electron chi connectivity index (χ4n) is 2.18. The maximum atomic E-state index is 2.53. The molecule has 2 aromatic heterocycles. The summed E-state index contributed by atoms with van der Waals surface area (Å²) < 4.78 is 1.74. The molecule has 0 nitrogen and oxygen atoms in total. The third-order valence-corrected chi connectivity index (χ3v) is 11.3. The van der Waals surface area contributed by atoms with Crippen LogP contribution >= 0.6 is 32.1 Å². The van der Waals surface area contributed by atoms with E-state index in [-0.39, 0.29) is 7.53 Å². The highest BCUT2D eigenvalue weighted by molar-refractivity contribution is 7.86. The Kier molecular flexibility index (Phi) is 2.80. The van der Waals surface area contributed by atoms with E-state index in [1.54, 1.807) is 15.0 Å². The highest BCUT2D eigenvalue weighted by atomic mass is 31.2. The van der Waals surface area contributed by atoms with E-state index in [9.17, 15) is 0 Å². The van der Waals surface area contributed by atoms with E-state index in [1.807, 2.05) is 0 Å². The second kappa shape index (κ2) is 4.49. The number of rotatable bonds is 1. The minimum Gasteiger partial charge on any atom is -0.114 e. The Hall–Kier alpha value is -0.620. The molecule has 0 aliphatic heterocycles. The van der Waals surface area contributed by atoms with Gasteiger partial charge >= 0.3 is 0 Å². The standard InChI is InChI=1S/C14H10P4/c1-2-6-11-10(5-1)16-14(17-11)18-9-15-12-7-3-4-8-13(12)18/h1-9,16H. The minimum absolute atomic E-state index is 0.129. The van der Waals surface area contributed by atoms with Gasteiger partial charge in [-0.25, -0.2) is 0 Å². The summed E-state index contributed by atoms with van der Waals surface area (Å²) in [5.41, 5.74) is 2.53. The summed E-state index contributed by atoms with van der Waals surface area (Å²) >= 11 is 0. The number of hydrogen-bond donors (Lipinski definition) is 0. The Morgan fingerprint density at radius 2 is 1.67 bits per heavy atom. The molecule has 0 N–H and O–H groups in total. The monoisotopic (exact) mass is 302 g/mol. The van der Waals surface area contributed by atoms with Crippen molar-refractivity contribution < 1.29 is 0 Å². The molecule has 4 rings (SSSR count). The van der Waals surface area contributed by atoms with Gasteiger partial charge in [0.1, 0.15) is 0 Å². The van der Waals surface area contributed by atoms with Crippen LogP contribution < -0.4 is 0 Å². The molecule has 0 amide bonds. The van der Waals surface area contributed by atoms with Gasteiger partial charge in [-0.2, -0.15) is 0 Å². The third kappa shape index (κ3) is 1.77. The van der Waals surface area contributed by atoms with E-state index in [1.165, 1.54) is 26.6 Å². The van der Waals surface area contributed by atoms with Gasteiger partial charge in [-0.3, -0.25) is 0 Å². The molecule has 0 aliphatic carbocycles. The fourth-order valence-corrected chi connectivity index (χ4v) is 11.5. The molecule has 2 heterocycles. The first-order valence-electron chi connectivity index (χ1n) is 5.79. The molecule has 0 radical (unpaired) electrons. The lowest BCUT2D eigenvalue weighted by molar-refractivity contribution is 1.88. The van der Waals surface area contributed by atoms with Gasteiger partial charge in [-0.1, -0.05) is 54.3 Å². The molecule has 2 aromatic carbocycles. The second-order valence-corrected chi connectivity index (χ2v) is 11.1. The van der Waals surface area contributed by atoms with Crippen molar-refractivity contribution >= 4 is 52.6 Å². The number of benzene rings is 2. The predicted molar refractivity (Wildman–Crippen MR) is 90.0 cm³/mol. The van der Waals surface area contributed by atoms with Gasteiger partial charge in [0.15, 0.2) is 0 Å². The molecular weight excluding hydrogens is 292 g/mol. The van der Waals surface area contributed by atoms with Crippen LogP contribution in [0.5, 0.6) is 0 Å². The van der Waals surface area contributed by atoms with Crippen molar-refractivity contribution in [3.05, 3.63) is 54.1 Å². The molecule has 4 heteroatoms. The highest BCUT2D eigenvalue weighted by Gasteiger charge is 2.07. The molecule has 2 unspecified atom stereocenters. The van der Waals surface area contributed by atoms with Gasteiger partial charge < -0.3 is 0 Å². The first kappa shape index (κ1) is 11.2. The van der Waals surface area contributed by atoms with Crippen molar-refractivity contribution in [2.75, 3.05) is 0 Å². The van der Waals surface area contributed by atoms with E-state index in [0.29, 0.717) is 0 Å². The molecule has 2 atom stereocenters. The van der Waals surface area contributed by atoms with Gasteiger partial charge in [-0.05, 0) is 23.7 Å². The summed E-state index contributed by atoms with van der Waals surface area (Å²) in [6, 6.07) is 17.9. The lowest BCUT2D eigenvalue weighted by Gasteiger charge is -1.95. The largest absolute Gasteiger partial charge is 0.114 e. The molecule has 0 fully saturated rings. The van der Waals surface area contributed by atoms with E-state index in [0.717, 1.165) is 8.19 Å². The summed E-state index contributed by atoms with van der Waals surface area (Å²) in [6.45, 7) is 0. The van der Waals surface area contributed by atoms with Crippen molar-refractivity contribution in [3.8, 4) is 4.77 Å². The summed E-state index contributed by atoms with van der Waals surface area (Å²) in [5.74, 6) is 0. The number of fused-ring (bicyclic) bond motifs is 2. The van der Waals surface area contributed by atoms with E-state index in [2.05, 4.69) is 54.1 Å². The Morgan fingerprint density at radius 3 is 2.56 bits per heavy atom. The summed E-state index contributed by atoms with van der Waals surface area (Å²) in [5, 5.41) is 6.21. The van der Waals surface area contributed by atoms with Gasteiger partial charge in [0.2, 0.25) is 0 Å². The van der Waals surface area contributed by atoms with Crippen LogP contribution in [0.25, 0.3) is 25.2 Å². The molecule has 0 aliphatic rings. The van der Waals surface area contributed by atoms with Crippen LogP contribution in [0.3, 0.4) is 0 Å². The normalized spacial score (nSPS) is 13.7. The van der Waals surface area contributed by atoms with Crippen molar-refractivity contribution in [3.63, 3.8) is 0 Å². The van der Waals surface area contributed by atoms with Crippen molar-refractivity contribution in [2.45, 2.75) is 0 Å². The Balaban J connectivity index is 2.01. The van der Waals surface area contributed by atoms with E-state index < -0.39 is 0 Å². The zero-order valence-corrected chi connectivity index (χ0v) is 13.2. The molecular formula is C14H10P4. The molecule has 18 heavy (non-hydrogen) atoms. The molecule has 0 saturated carbocycles. The first-order chi connectivity index (χ1) is 8.92. The molecule has 4 aromatic rings. The summed E-state index contributed by atoms with van der Waals surface area (Å²) in [7, 11) is 3.68. The summed E-state index contributed by atoms with van der Waals surface area (Å²) in [6.07, 6.45) is 0. The Bertz CT molecular complexity index is 808. The predicted octanol–water partition coefficient (Wildman–Crippen LogP) is 7.16. The summed E-state index contributed by atoms with van der Waals surface area (Å²) in [4.78, 5) is 0. The van der Waals surface area contributed by atoms with Crippen LogP contribution in [0, 0.1) is 0 Å². The van der Waals surface area contributed by atoms with Gasteiger partial charge in [-0.15, -0.1) is 8.19 Å². The van der Waals surface area contributed by atoms with E-state index in [4.69, 9.17) is 0 Å². The van der Waals surface area contributed by atoms with E-state index >= 15 is 0 Å². The molecule has 86 valence electrons. The number of hydrogen-bond acceptors (Lipinski definition) is 0. The van der Waals surface area contributed by atoms with Crippen molar-refractivity contribution in [1.29, 1.82) is 0 Å². The van der Waals surface area contributed by atoms with Crippen LogP contribution in [-0.2, 0) is 0 Å². The van der Waals surface area contributed by atoms with Gasteiger partial charge in [0.05, 0.1) is 0 Å². The smallest absolute Gasteiger partial charge is 0.0431 e. The molecule has 0 bridgehead atoms. The zero-order valence-electron chi connectivity index (χ0n) is 9.54. The van der Waals surface area contributed by atoms with Gasteiger partial charge in [0.25, 0.3) is 0 Å². The SMILES string of the molecule is c1ccc2[pH]c(-p3cpc4ccccc43)pc2c1. The van der Waals surface area contributed by atoms with Crippen molar-refractivity contribution in [2.24, 2.45) is 0 Å². The maximum Gasteiger partial charge on any atom is 0.0431 e. The van der Waals surface area contributed by atoms with Crippen LogP contribution in [-0.4, -0.2) is 0 Å². The average Bonchev–Trinajstić information content (AvgIpc) is 3.02. The lowest BCUT2D eigenvalue weighted by Crippen LogP contribution is -1.56. The zero-order chi connectivity index (χ0) is 11.9. The first-order valence-corrected chi connectivity index (χ1v) is 10.1. The van der Waals surface area contributed by atoms with Crippen molar-refractivity contribution in [1.82, 2.24) is 0 Å². The second-order valence-electron chi connectivity index (χ2n) is 4.18. The Morgan fingerprint density at radius 1 is 0.889 bits per heavy atom. The molecule has 0 spiro atoms. The van der Waals surface area contributed by atoms with Gasteiger partial charge in [0, 0.05) is 25.2 Å². The molecule has 0 saturated heterocycles. The fraction of sp³-hybridized carbons (Fsp3) is 0. The topological polar surface area (TPSA) is 0 Å².